The van der Waals surface area contributed by atoms with E-state index < -0.39 is 0 Å². The molecule has 0 radical (unpaired) electrons. The van der Waals surface area contributed by atoms with E-state index in [1.807, 2.05) is 42.5 Å². The van der Waals surface area contributed by atoms with Crippen molar-refractivity contribution in [3.05, 3.63) is 48.6 Å². The second kappa shape index (κ2) is 6.46. The maximum absolute atomic E-state index is 2.94. The van der Waals surface area contributed by atoms with Gasteiger partial charge in [-0.05, 0) is 0 Å². The summed E-state index contributed by atoms with van der Waals surface area (Å²) >= 11 is 0. The quantitative estimate of drug-likeness (QED) is 0.571. The van der Waals surface area contributed by atoms with Gasteiger partial charge >= 0.3 is 0 Å². The molecule has 0 saturated heterocycles. The summed E-state index contributed by atoms with van der Waals surface area (Å²) in [4.78, 5) is 0. The normalized spacial score (nSPS) is 14.2. The zero-order valence-corrected chi connectivity index (χ0v) is 8.18. The molecular weight excluding hydrogens is 236 g/mol. The molecule has 0 bridgehead atoms. The van der Waals surface area contributed by atoms with Gasteiger partial charge in [0.15, 0.2) is 0 Å². The fourth-order valence-corrected chi connectivity index (χ4v) is 0.470. The van der Waals surface area contributed by atoms with Crippen molar-refractivity contribution in [3.63, 3.8) is 0 Å². The van der Waals surface area contributed by atoms with Gasteiger partial charge in [-0.1, -0.05) is 6.08 Å². The maximum Gasteiger partial charge on any atom is 0 e. The molecule has 0 nitrogen and oxygen atoms in total. The minimum Gasteiger partial charge on any atom is -0.184 e. The SMILES string of the molecule is [C-]1=CC=CC=CC=C1.[Ce]. The zero-order chi connectivity index (χ0) is 5.66. The molecular formula is C8H7Ce-. The molecule has 0 aromatic carbocycles. The van der Waals surface area contributed by atoms with E-state index >= 15 is 0 Å². The van der Waals surface area contributed by atoms with Crippen LogP contribution < -0.4 is 0 Å². The monoisotopic (exact) mass is 243 g/mol. The van der Waals surface area contributed by atoms with E-state index in [1.54, 1.807) is 0 Å². The summed E-state index contributed by atoms with van der Waals surface area (Å²) in [7, 11) is 0. The van der Waals surface area contributed by atoms with Crippen LogP contribution in [0.1, 0.15) is 0 Å². The first-order valence-electron chi connectivity index (χ1n) is 2.58. The molecule has 0 fully saturated rings. The first-order valence-corrected chi connectivity index (χ1v) is 2.58. The Balaban J connectivity index is 0.000000640. The van der Waals surface area contributed by atoms with Gasteiger partial charge in [0.25, 0.3) is 0 Å². The van der Waals surface area contributed by atoms with E-state index in [1.165, 1.54) is 0 Å². The van der Waals surface area contributed by atoms with Crippen LogP contribution in [-0.4, -0.2) is 0 Å². The Morgan fingerprint density at radius 1 is 0.778 bits per heavy atom. The van der Waals surface area contributed by atoms with Crippen LogP contribution in [0.4, 0.5) is 0 Å². The Kier molecular flexibility index (Phi) is 6.70. The number of hydrogen-bond acceptors (Lipinski definition) is 0. The van der Waals surface area contributed by atoms with Gasteiger partial charge in [0.1, 0.15) is 0 Å². The fraction of sp³-hybridized carbons (Fsp3) is 0. The summed E-state index contributed by atoms with van der Waals surface area (Å²) < 4.78 is 0. The first-order chi connectivity index (χ1) is 4.00. The summed E-state index contributed by atoms with van der Waals surface area (Å²) in [5.74, 6) is 0. The van der Waals surface area contributed by atoms with Crippen molar-refractivity contribution < 1.29 is 41.7 Å². The van der Waals surface area contributed by atoms with Crippen molar-refractivity contribution in [2.45, 2.75) is 0 Å². The van der Waals surface area contributed by atoms with Crippen LogP contribution in [-0.2, 0) is 0 Å². The largest absolute Gasteiger partial charge is 0.184 e. The average molecular weight is 243 g/mol. The molecule has 0 saturated carbocycles. The predicted octanol–water partition coefficient (Wildman–Crippen LogP) is 2.03. The van der Waals surface area contributed by atoms with E-state index in [9.17, 15) is 0 Å². The molecule has 0 unspecified atom stereocenters. The molecule has 1 rings (SSSR count). The van der Waals surface area contributed by atoms with E-state index in [2.05, 4.69) is 6.08 Å². The molecule has 9 heavy (non-hydrogen) atoms. The van der Waals surface area contributed by atoms with Crippen LogP contribution in [0.15, 0.2) is 42.5 Å². The van der Waals surface area contributed by atoms with E-state index in [4.69, 9.17) is 0 Å². The van der Waals surface area contributed by atoms with Gasteiger partial charge in [0.05, 0.1) is 0 Å². The molecule has 1 heteroatoms. The van der Waals surface area contributed by atoms with Gasteiger partial charge in [-0.15, -0.1) is 12.2 Å². The Hall–Kier alpha value is 0.337. The van der Waals surface area contributed by atoms with E-state index in [0.29, 0.717) is 0 Å². The van der Waals surface area contributed by atoms with Crippen LogP contribution in [0.25, 0.3) is 0 Å². The summed E-state index contributed by atoms with van der Waals surface area (Å²) in [5.41, 5.74) is 0. The number of hydrogen-bond donors (Lipinski definition) is 0. The van der Waals surface area contributed by atoms with E-state index in [-0.39, 0.29) is 41.7 Å². The smallest absolute Gasteiger partial charge is 0 e. The molecule has 0 aromatic heterocycles. The number of rotatable bonds is 0. The third-order valence-electron chi connectivity index (χ3n) is 0.829. The standard InChI is InChI=1S/C8H7.Ce/c1-2-4-6-8-7-5-3-1;/h1-7H;/q-1;. The number of allylic oxidation sites excluding steroid dienone is 8. The van der Waals surface area contributed by atoms with Crippen LogP contribution in [0.3, 0.4) is 0 Å². The molecule has 0 aromatic rings. The first kappa shape index (κ1) is 9.34. The van der Waals surface area contributed by atoms with E-state index in [0.717, 1.165) is 0 Å². The fourth-order valence-electron chi connectivity index (χ4n) is 0.470. The average Bonchev–Trinajstić information content (AvgIpc) is 1.62. The van der Waals surface area contributed by atoms with Gasteiger partial charge in [-0.3, -0.25) is 0 Å². The van der Waals surface area contributed by atoms with Crippen molar-refractivity contribution in [2.75, 3.05) is 0 Å². The predicted molar refractivity (Wildman–Crippen MR) is 35.2 cm³/mol. The molecule has 0 heterocycles. The molecule has 1 aliphatic rings. The van der Waals surface area contributed by atoms with Crippen molar-refractivity contribution in [1.82, 2.24) is 0 Å². The summed E-state index contributed by atoms with van der Waals surface area (Å²) in [6.45, 7) is 0. The Labute approximate surface area is 89.4 Å². The van der Waals surface area contributed by atoms with Crippen LogP contribution in [0.2, 0.25) is 0 Å². The van der Waals surface area contributed by atoms with Gasteiger partial charge in [0, 0.05) is 41.7 Å². The van der Waals surface area contributed by atoms with Gasteiger partial charge < -0.3 is 0 Å². The van der Waals surface area contributed by atoms with Crippen molar-refractivity contribution in [1.29, 1.82) is 0 Å². The summed E-state index contributed by atoms with van der Waals surface area (Å²) in [5, 5.41) is 0. The van der Waals surface area contributed by atoms with Crippen molar-refractivity contribution in [2.24, 2.45) is 0 Å². The molecule has 0 N–H and O–H groups in total. The second-order valence-corrected chi connectivity index (χ2v) is 1.46. The third-order valence-corrected chi connectivity index (χ3v) is 0.829. The van der Waals surface area contributed by atoms with Crippen LogP contribution in [0, 0.1) is 47.8 Å². The summed E-state index contributed by atoms with van der Waals surface area (Å²) in [6, 6.07) is 0. The van der Waals surface area contributed by atoms with Gasteiger partial charge in [0.2, 0.25) is 0 Å². The van der Waals surface area contributed by atoms with Crippen LogP contribution in [0.5, 0.6) is 0 Å². The maximum atomic E-state index is 2.94. The molecule has 44 valence electrons. The zero-order valence-electron chi connectivity index (χ0n) is 5.04. The minimum absolute atomic E-state index is 0. The Morgan fingerprint density at radius 3 is 2.33 bits per heavy atom. The topological polar surface area (TPSA) is 0 Å². The minimum atomic E-state index is 0. The Morgan fingerprint density at radius 2 is 1.44 bits per heavy atom. The van der Waals surface area contributed by atoms with Crippen molar-refractivity contribution >= 4 is 0 Å². The van der Waals surface area contributed by atoms with Gasteiger partial charge in [-0.25, -0.2) is 0 Å². The third kappa shape index (κ3) is 4.82. The molecule has 1 aliphatic carbocycles. The summed E-state index contributed by atoms with van der Waals surface area (Å²) in [6.07, 6.45) is 16.5. The molecule has 0 amide bonds. The molecule has 0 atom stereocenters. The van der Waals surface area contributed by atoms with Crippen LogP contribution >= 0.6 is 0 Å². The van der Waals surface area contributed by atoms with Crippen molar-refractivity contribution in [3.8, 4) is 0 Å². The molecule has 0 aliphatic heterocycles. The Bertz CT molecular complexity index is 105. The molecule has 0 spiro atoms. The second-order valence-electron chi connectivity index (χ2n) is 1.46. The van der Waals surface area contributed by atoms with Gasteiger partial charge in [-0.2, -0.15) is 30.4 Å².